The number of nitro groups is 1. The third-order valence-corrected chi connectivity index (χ3v) is 7.29. The molecular formula is C33H32N4O10. The SMILES string of the molecule is CC1=NC(C)=C(C(=O)OCCNC(=O)c2ccccc2O)C(c2cccc([N+](=O)[O-])c2)C1C(=O)OCCNC(=O)c1ccccc1O. The lowest BCUT2D eigenvalue weighted by Crippen LogP contribution is -2.38. The summed E-state index contributed by atoms with van der Waals surface area (Å²) in [5, 5.41) is 36.4. The Balaban J connectivity index is 1.49. The quantitative estimate of drug-likeness (QED) is 0.0978. The molecule has 0 aromatic heterocycles. The number of aliphatic imine (C=N–C) groups is 1. The molecule has 0 saturated carbocycles. The number of nitro benzene ring substituents is 1. The standard InChI is InChI=1S/C33H32N4O10/c1-19-27(32(42)46-16-14-34-30(40)23-10-3-5-12-25(23)38)29(21-8-7-9-22(18-21)37(44)45)28(20(2)36-19)33(43)47-17-15-35-31(41)24-11-4-6-13-26(24)39/h3-13,18,27,29,38-39H,14-17H2,1-2H3,(H,34,40)(H,35,41). The number of para-hydroxylation sites is 2. The highest BCUT2D eigenvalue weighted by atomic mass is 16.6. The van der Waals surface area contributed by atoms with Gasteiger partial charge in [-0.1, -0.05) is 36.4 Å². The number of nitrogens with zero attached hydrogens (tertiary/aromatic N) is 2. The van der Waals surface area contributed by atoms with E-state index >= 15 is 0 Å². The molecule has 0 spiro atoms. The number of phenolic OH excluding ortho intramolecular Hbond substituents is 2. The smallest absolute Gasteiger partial charge is 0.336 e. The molecule has 14 heteroatoms. The van der Waals surface area contributed by atoms with Gasteiger partial charge in [-0.15, -0.1) is 0 Å². The van der Waals surface area contributed by atoms with Crippen molar-refractivity contribution in [3.05, 3.63) is 111 Å². The zero-order valence-corrected chi connectivity index (χ0v) is 25.5. The van der Waals surface area contributed by atoms with Crippen LogP contribution in [0.1, 0.15) is 46.0 Å². The lowest BCUT2D eigenvalue weighted by atomic mass is 9.75. The van der Waals surface area contributed by atoms with E-state index in [-0.39, 0.29) is 77.2 Å². The predicted octanol–water partition coefficient (Wildman–Crippen LogP) is 3.40. The second kappa shape index (κ2) is 15.3. The van der Waals surface area contributed by atoms with Crippen LogP contribution >= 0.6 is 0 Å². The largest absolute Gasteiger partial charge is 0.507 e. The van der Waals surface area contributed by atoms with Crippen LogP contribution < -0.4 is 10.6 Å². The number of nitrogens with one attached hydrogen (secondary N) is 2. The highest BCUT2D eigenvalue weighted by molar-refractivity contribution is 6.07. The number of allylic oxidation sites excluding steroid dienone is 1. The van der Waals surface area contributed by atoms with Gasteiger partial charge in [0, 0.05) is 29.5 Å². The van der Waals surface area contributed by atoms with Crippen LogP contribution in [0.4, 0.5) is 5.69 Å². The molecule has 0 aliphatic carbocycles. The molecule has 1 aliphatic rings. The van der Waals surface area contributed by atoms with Gasteiger partial charge in [0.2, 0.25) is 0 Å². The molecule has 0 bridgehead atoms. The molecule has 1 heterocycles. The highest BCUT2D eigenvalue weighted by Crippen LogP contribution is 2.41. The number of ether oxygens (including phenoxy) is 2. The van der Waals surface area contributed by atoms with Gasteiger partial charge < -0.3 is 30.3 Å². The summed E-state index contributed by atoms with van der Waals surface area (Å²) in [6.07, 6.45) is 0. The fourth-order valence-corrected chi connectivity index (χ4v) is 5.11. The molecule has 2 atom stereocenters. The van der Waals surface area contributed by atoms with Crippen LogP contribution in [0, 0.1) is 16.0 Å². The molecule has 2 amide bonds. The van der Waals surface area contributed by atoms with Crippen LogP contribution in [0.3, 0.4) is 0 Å². The van der Waals surface area contributed by atoms with Gasteiger partial charge in [-0.05, 0) is 43.7 Å². The Hall–Kier alpha value is -6.05. The summed E-state index contributed by atoms with van der Waals surface area (Å²) in [5.41, 5.74) is 0.565. The predicted molar refractivity (Wildman–Crippen MR) is 168 cm³/mol. The lowest BCUT2D eigenvalue weighted by Gasteiger charge is -2.31. The minimum atomic E-state index is -1.18. The normalized spacial score (nSPS) is 15.7. The first-order valence-electron chi connectivity index (χ1n) is 14.5. The molecule has 2 unspecified atom stereocenters. The Bertz CT molecular complexity index is 1770. The zero-order chi connectivity index (χ0) is 34.1. The molecule has 4 N–H and O–H groups in total. The average Bonchev–Trinajstić information content (AvgIpc) is 3.04. The number of hydrogen-bond acceptors (Lipinski definition) is 11. The van der Waals surface area contributed by atoms with Crippen LogP contribution in [-0.4, -0.2) is 70.9 Å². The van der Waals surface area contributed by atoms with Crippen molar-refractivity contribution in [2.24, 2.45) is 10.9 Å². The van der Waals surface area contributed by atoms with E-state index in [4.69, 9.17) is 9.47 Å². The van der Waals surface area contributed by atoms with Gasteiger partial charge in [-0.25, -0.2) is 4.79 Å². The maximum atomic E-state index is 13.5. The van der Waals surface area contributed by atoms with Crippen molar-refractivity contribution < 1.29 is 43.8 Å². The van der Waals surface area contributed by atoms with E-state index in [2.05, 4.69) is 15.6 Å². The number of hydrogen-bond donors (Lipinski definition) is 4. The molecule has 4 rings (SSSR count). The molecule has 3 aromatic carbocycles. The number of amides is 2. The Labute approximate surface area is 268 Å². The molecule has 47 heavy (non-hydrogen) atoms. The van der Waals surface area contributed by atoms with Crippen molar-refractivity contribution in [3.63, 3.8) is 0 Å². The first-order valence-corrected chi connectivity index (χ1v) is 14.5. The van der Waals surface area contributed by atoms with E-state index < -0.39 is 40.5 Å². The van der Waals surface area contributed by atoms with Crippen LogP contribution in [-0.2, 0) is 19.1 Å². The lowest BCUT2D eigenvalue weighted by molar-refractivity contribution is -0.384. The summed E-state index contributed by atoms with van der Waals surface area (Å²) < 4.78 is 10.9. The van der Waals surface area contributed by atoms with Gasteiger partial charge in [0.05, 0.1) is 34.7 Å². The van der Waals surface area contributed by atoms with E-state index in [0.29, 0.717) is 0 Å². The Kier molecular flexibility index (Phi) is 11.0. The number of esters is 2. The number of non-ortho nitro benzene ring substituents is 1. The Morgan fingerprint density at radius 3 is 1.94 bits per heavy atom. The number of carbonyl (C=O) groups excluding carboxylic acids is 4. The van der Waals surface area contributed by atoms with Crippen LogP contribution in [0.25, 0.3) is 0 Å². The summed E-state index contributed by atoms with van der Waals surface area (Å²) in [6, 6.07) is 17.4. The average molecular weight is 645 g/mol. The molecule has 1 aliphatic heterocycles. The van der Waals surface area contributed by atoms with Gasteiger partial charge in [-0.2, -0.15) is 0 Å². The monoisotopic (exact) mass is 644 g/mol. The molecule has 0 radical (unpaired) electrons. The first kappa shape index (κ1) is 33.8. The Morgan fingerprint density at radius 1 is 0.830 bits per heavy atom. The second-order valence-corrected chi connectivity index (χ2v) is 10.4. The van der Waals surface area contributed by atoms with E-state index in [1.165, 1.54) is 48.5 Å². The fourth-order valence-electron chi connectivity index (χ4n) is 5.11. The molecule has 14 nitrogen and oxygen atoms in total. The summed E-state index contributed by atoms with van der Waals surface area (Å²) in [5.74, 6) is -5.51. The van der Waals surface area contributed by atoms with Crippen LogP contribution in [0.2, 0.25) is 0 Å². The Morgan fingerprint density at radius 2 is 1.38 bits per heavy atom. The van der Waals surface area contributed by atoms with Gasteiger partial charge in [0.25, 0.3) is 17.5 Å². The molecular weight excluding hydrogens is 612 g/mol. The molecule has 3 aromatic rings. The first-order chi connectivity index (χ1) is 22.5. The summed E-state index contributed by atoms with van der Waals surface area (Å²) in [4.78, 5) is 67.2. The summed E-state index contributed by atoms with van der Waals surface area (Å²) in [6.45, 7) is 2.37. The minimum absolute atomic E-state index is 0.0297. The summed E-state index contributed by atoms with van der Waals surface area (Å²) >= 11 is 0. The van der Waals surface area contributed by atoms with Crippen molar-refractivity contribution >= 4 is 35.2 Å². The van der Waals surface area contributed by atoms with Crippen molar-refractivity contribution in [3.8, 4) is 11.5 Å². The maximum absolute atomic E-state index is 13.5. The number of carbonyl (C=O) groups is 4. The van der Waals surface area contributed by atoms with Crippen molar-refractivity contribution in [2.45, 2.75) is 19.8 Å². The minimum Gasteiger partial charge on any atom is -0.507 e. The van der Waals surface area contributed by atoms with Crippen molar-refractivity contribution in [1.29, 1.82) is 0 Å². The van der Waals surface area contributed by atoms with E-state index in [1.807, 2.05) is 0 Å². The molecule has 0 saturated heterocycles. The van der Waals surface area contributed by atoms with Crippen LogP contribution in [0.5, 0.6) is 11.5 Å². The second-order valence-electron chi connectivity index (χ2n) is 10.4. The maximum Gasteiger partial charge on any atom is 0.336 e. The van der Waals surface area contributed by atoms with Crippen molar-refractivity contribution in [2.75, 3.05) is 26.3 Å². The van der Waals surface area contributed by atoms with Gasteiger partial charge in [-0.3, -0.25) is 29.5 Å². The molecule has 244 valence electrons. The zero-order valence-electron chi connectivity index (χ0n) is 25.5. The van der Waals surface area contributed by atoms with E-state index in [9.17, 15) is 39.5 Å². The van der Waals surface area contributed by atoms with Gasteiger partial charge in [0.15, 0.2) is 0 Å². The highest BCUT2D eigenvalue weighted by Gasteiger charge is 2.43. The molecule has 0 fully saturated rings. The third-order valence-electron chi connectivity index (χ3n) is 7.29. The topological polar surface area (TPSA) is 207 Å². The third kappa shape index (κ3) is 8.16. The number of phenols is 2. The number of aromatic hydroxyl groups is 2. The van der Waals surface area contributed by atoms with Crippen molar-refractivity contribution in [1.82, 2.24) is 10.6 Å². The fraction of sp³-hybridized carbons (Fsp3) is 0.242. The van der Waals surface area contributed by atoms with Crippen LogP contribution in [0.15, 0.2) is 89.1 Å². The van der Waals surface area contributed by atoms with Gasteiger partial charge in [0.1, 0.15) is 30.6 Å². The number of rotatable bonds is 12. The van der Waals surface area contributed by atoms with E-state index in [1.54, 1.807) is 38.1 Å². The van der Waals surface area contributed by atoms with E-state index in [0.717, 1.165) is 0 Å². The number of benzene rings is 3. The van der Waals surface area contributed by atoms with Gasteiger partial charge >= 0.3 is 11.9 Å². The summed E-state index contributed by atoms with van der Waals surface area (Å²) in [7, 11) is 0.